The van der Waals surface area contributed by atoms with Gasteiger partial charge in [-0.15, -0.1) is 0 Å². The van der Waals surface area contributed by atoms with E-state index in [9.17, 15) is 4.79 Å². The molecule has 1 atom stereocenters. The Hall–Kier alpha value is -1.79. The zero-order valence-corrected chi connectivity index (χ0v) is 17.0. The Bertz CT molecular complexity index is 668. The smallest absolute Gasteiger partial charge is 0.373 e. The zero-order valence-electron chi connectivity index (χ0n) is 16.0. The van der Waals surface area contributed by atoms with E-state index >= 15 is 0 Å². The van der Waals surface area contributed by atoms with E-state index in [4.69, 9.17) is 13.3 Å². The molecule has 0 saturated heterocycles. The molecule has 0 amide bonds. The average Bonchev–Trinajstić information content (AvgIpc) is 2.68. The molecule has 0 bridgehead atoms. The van der Waals surface area contributed by atoms with E-state index in [0.29, 0.717) is 30.9 Å². The summed E-state index contributed by atoms with van der Waals surface area (Å²) in [6, 6.07) is 17.0. The van der Waals surface area contributed by atoms with Gasteiger partial charge < -0.3 is 13.3 Å². The molecule has 0 saturated carbocycles. The minimum absolute atomic E-state index is 0.0109. The van der Waals surface area contributed by atoms with Gasteiger partial charge in [0.25, 0.3) is 0 Å². The lowest BCUT2D eigenvalue weighted by atomic mass is 10.0. The van der Waals surface area contributed by atoms with Gasteiger partial charge in [0, 0.05) is 30.9 Å². The Balaban J connectivity index is 2.26. The number of hydrogen-bond donors (Lipinski definition) is 0. The molecule has 0 aliphatic carbocycles. The van der Waals surface area contributed by atoms with Crippen molar-refractivity contribution in [2.45, 2.75) is 33.2 Å². The number of carbonyl (C=O) groups is 1. The third kappa shape index (κ3) is 4.68. The molecular weight excluding hydrogens is 344 g/mol. The molecule has 0 aliphatic rings. The van der Waals surface area contributed by atoms with Crippen molar-refractivity contribution in [2.75, 3.05) is 19.8 Å². The van der Waals surface area contributed by atoms with Gasteiger partial charge in [0.15, 0.2) is 5.78 Å². The van der Waals surface area contributed by atoms with Crippen molar-refractivity contribution in [1.82, 2.24) is 0 Å². The first-order valence-corrected chi connectivity index (χ1v) is 11.0. The van der Waals surface area contributed by atoms with Crippen LogP contribution in [0.4, 0.5) is 0 Å². The van der Waals surface area contributed by atoms with Crippen LogP contribution in [-0.4, -0.2) is 34.4 Å². The van der Waals surface area contributed by atoms with Gasteiger partial charge in [0.1, 0.15) is 0 Å². The largest absolute Gasteiger partial charge is 0.508 e. The topological polar surface area (TPSA) is 44.8 Å². The number of hydrogen-bond acceptors (Lipinski definition) is 4. The molecule has 0 aliphatic heterocycles. The molecule has 0 aromatic heterocycles. The molecule has 4 nitrogen and oxygen atoms in total. The summed E-state index contributed by atoms with van der Waals surface area (Å²) in [4.78, 5) is 12.6. The lowest BCUT2D eigenvalue weighted by Gasteiger charge is -2.33. The van der Waals surface area contributed by atoms with Gasteiger partial charge in [-0.2, -0.15) is 0 Å². The molecular formula is C21H28O4Si. The van der Waals surface area contributed by atoms with Gasteiger partial charge >= 0.3 is 8.80 Å². The van der Waals surface area contributed by atoms with Crippen LogP contribution in [-0.2, 0) is 13.3 Å². The van der Waals surface area contributed by atoms with E-state index in [1.807, 2.05) is 75.4 Å². The summed E-state index contributed by atoms with van der Waals surface area (Å²) in [5.74, 6) is 0.0211. The van der Waals surface area contributed by atoms with Crippen molar-refractivity contribution < 1.29 is 18.1 Å². The highest BCUT2D eigenvalue weighted by atomic mass is 28.4. The van der Waals surface area contributed by atoms with Crippen LogP contribution in [0.3, 0.4) is 0 Å². The van der Waals surface area contributed by atoms with Crippen molar-refractivity contribution in [1.29, 1.82) is 0 Å². The lowest BCUT2D eigenvalue weighted by molar-refractivity contribution is 0.0633. The SMILES string of the molecule is CCO[Si](OCC)(OCC)C(C)c1ccc(C(=O)c2ccccc2)cc1. The van der Waals surface area contributed by atoms with E-state index in [2.05, 4.69) is 6.92 Å². The maximum atomic E-state index is 12.6. The Morgan fingerprint density at radius 3 is 1.73 bits per heavy atom. The van der Waals surface area contributed by atoms with Crippen LogP contribution in [0.1, 0.15) is 54.7 Å². The van der Waals surface area contributed by atoms with E-state index in [1.54, 1.807) is 0 Å². The van der Waals surface area contributed by atoms with Crippen LogP contribution in [0.5, 0.6) is 0 Å². The summed E-state index contributed by atoms with van der Waals surface area (Å²) in [7, 11) is -2.83. The lowest BCUT2D eigenvalue weighted by Crippen LogP contribution is -2.51. The molecule has 2 rings (SSSR count). The van der Waals surface area contributed by atoms with Crippen molar-refractivity contribution in [3.05, 3.63) is 71.3 Å². The molecule has 2 aromatic rings. The minimum Gasteiger partial charge on any atom is -0.373 e. The normalized spacial score (nSPS) is 12.8. The fourth-order valence-corrected chi connectivity index (χ4v) is 5.79. The highest BCUT2D eigenvalue weighted by Gasteiger charge is 2.47. The van der Waals surface area contributed by atoms with Crippen LogP contribution in [0.25, 0.3) is 0 Å². The van der Waals surface area contributed by atoms with Gasteiger partial charge in [0.2, 0.25) is 0 Å². The molecule has 0 N–H and O–H groups in total. The second-order valence-corrected chi connectivity index (χ2v) is 8.88. The Morgan fingerprint density at radius 2 is 1.27 bits per heavy atom. The summed E-state index contributed by atoms with van der Waals surface area (Å²) in [5, 5.41) is 0. The molecule has 2 aromatic carbocycles. The number of rotatable bonds is 10. The first kappa shape index (κ1) is 20.5. The zero-order chi connectivity index (χ0) is 19.0. The van der Waals surface area contributed by atoms with Crippen molar-refractivity contribution >= 4 is 14.6 Å². The third-order valence-electron chi connectivity index (χ3n) is 4.28. The average molecular weight is 373 g/mol. The summed E-state index contributed by atoms with van der Waals surface area (Å²) in [5.41, 5.74) is 2.40. The number of benzene rings is 2. The van der Waals surface area contributed by atoms with Gasteiger partial charge in [-0.3, -0.25) is 4.79 Å². The standard InChI is InChI=1S/C21H28O4Si/c1-5-23-26(24-6-2,25-7-3)17(4)18-13-15-20(16-14-18)21(22)19-11-9-8-10-12-19/h8-17H,5-7H2,1-4H3. The van der Waals surface area contributed by atoms with E-state index in [0.717, 1.165) is 5.56 Å². The first-order valence-electron chi connectivity index (χ1n) is 9.19. The fourth-order valence-electron chi connectivity index (χ4n) is 2.99. The number of ketones is 1. The molecule has 5 heteroatoms. The van der Waals surface area contributed by atoms with Gasteiger partial charge in [-0.05, 0) is 26.3 Å². The summed E-state index contributed by atoms with van der Waals surface area (Å²) in [6.07, 6.45) is 0. The van der Waals surface area contributed by atoms with Gasteiger partial charge in [-0.25, -0.2) is 0 Å². The highest BCUT2D eigenvalue weighted by Crippen LogP contribution is 2.30. The van der Waals surface area contributed by atoms with Gasteiger partial charge in [-0.1, -0.05) is 61.5 Å². The Labute approximate surface area is 157 Å². The Kier molecular flexibility index (Phi) is 7.72. The second kappa shape index (κ2) is 9.78. The van der Waals surface area contributed by atoms with Gasteiger partial charge in [0.05, 0.1) is 5.54 Å². The Morgan fingerprint density at radius 1 is 0.808 bits per heavy atom. The second-order valence-electron chi connectivity index (χ2n) is 5.94. The fraction of sp³-hybridized carbons (Fsp3) is 0.381. The highest BCUT2D eigenvalue weighted by molar-refractivity contribution is 6.62. The molecule has 26 heavy (non-hydrogen) atoms. The molecule has 1 unspecified atom stereocenters. The first-order chi connectivity index (χ1) is 12.6. The van der Waals surface area contributed by atoms with E-state index in [1.165, 1.54) is 0 Å². The van der Waals surface area contributed by atoms with Crippen LogP contribution in [0.2, 0.25) is 0 Å². The van der Waals surface area contributed by atoms with Crippen LogP contribution < -0.4 is 0 Å². The van der Waals surface area contributed by atoms with E-state index in [-0.39, 0.29) is 11.3 Å². The quantitative estimate of drug-likeness (QED) is 0.451. The minimum atomic E-state index is -2.83. The summed E-state index contributed by atoms with van der Waals surface area (Å²) in [6.45, 7) is 9.56. The number of carbonyl (C=O) groups excluding carboxylic acids is 1. The third-order valence-corrected chi connectivity index (χ3v) is 7.74. The van der Waals surface area contributed by atoms with Crippen LogP contribution >= 0.6 is 0 Å². The molecule has 0 heterocycles. The van der Waals surface area contributed by atoms with Crippen molar-refractivity contribution in [2.24, 2.45) is 0 Å². The predicted molar refractivity (Wildman–Crippen MR) is 105 cm³/mol. The van der Waals surface area contributed by atoms with Crippen molar-refractivity contribution in [3.8, 4) is 0 Å². The maximum absolute atomic E-state index is 12.6. The maximum Gasteiger partial charge on any atom is 0.508 e. The van der Waals surface area contributed by atoms with Crippen LogP contribution in [0, 0.1) is 0 Å². The molecule has 0 radical (unpaired) electrons. The molecule has 0 spiro atoms. The summed E-state index contributed by atoms with van der Waals surface area (Å²) < 4.78 is 18.0. The monoisotopic (exact) mass is 372 g/mol. The van der Waals surface area contributed by atoms with E-state index < -0.39 is 8.80 Å². The molecule has 140 valence electrons. The van der Waals surface area contributed by atoms with Crippen molar-refractivity contribution in [3.63, 3.8) is 0 Å². The van der Waals surface area contributed by atoms with Crippen LogP contribution in [0.15, 0.2) is 54.6 Å². The molecule has 0 fully saturated rings. The summed E-state index contributed by atoms with van der Waals surface area (Å²) >= 11 is 0. The predicted octanol–water partition coefficient (Wildman–Crippen LogP) is 4.61.